The highest BCUT2D eigenvalue weighted by atomic mass is 35.5. The van der Waals surface area contributed by atoms with E-state index in [1.54, 1.807) is 12.1 Å². The summed E-state index contributed by atoms with van der Waals surface area (Å²) in [6.07, 6.45) is 2.62. The van der Waals surface area contributed by atoms with E-state index in [1.165, 1.54) is 6.07 Å². The van der Waals surface area contributed by atoms with Crippen LogP contribution >= 0.6 is 11.6 Å². The van der Waals surface area contributed by atoms with Crippen LogP contribution in [-0.2, 0) is 11.3 Å². The smallest absolute Gasteiger partial charge is 0.221 e. The lowest BCUT2D eigenvalue weighted by Gasteiger charge is -2.07. The van der Waals surface area contributed by atoms with Crippen molar-refractivity contribution in [3.05, 3.63) is 34.6 Å². The Hall–Kier alpha value is -1.13. The molecule has 1 aromatic carbocycles. The van der Waals surface area contributed by atoms with Gasteiger partial charge >= 0.3 is 0 Å². The Labute approximate surface area is 111 Å². The van der Waals surface area contributed by atoms with E-state index in [2.05, 4.69) is 10.6 Å². The fourth-order valence-corrected chi connectivity index (χ4v) is 1.83. The van der Waals surface area contributed by atoms with Crippen LogP contribution in [0.5, 0.6) is 0 Å². The van der Waals surface area contributed by atoms with E-state index in [0.29, 0.717) is 31.1 Å². The number of nitrogens with one attached hydrogen (secondary N) is 2. The molecular weight excluding hydrogens is 255 g/mol. The van der Waals surface area contributed by atoms with E-state index in [4.69, 9.17) is 11.6 Å². The van der Waals surface area contributed by atoms with E-state index in [0.717, 1.165) is 12.8 Å². The van der Waals surface area contributed by atoms with Crippen molar-refractivity contribution in [3.8, 4) is 0 Å². The summed E-state index contributed by atoms with van der Waals surface area (Å²) in [4.78, 5) is 11.4. The number of amides is 1. The molecular formula is C13H16ClFN2O. The summed E-state index contributed by atoms with van der Waals surface area (Å²) in [5, 5.41) is 6.14. The van der Waals surface area contributed by atoms with Gasteiger partial charge < -0.3 is 10.6 Å². The predicted octanol–water partition coefficient (Wildman–Crippen LogP) is 2.24. The highest BCUT2D eigenvalue weighted by molar-refractivity contribution is 6.31. The largest absolute Gasteiger partial charge is 0.353 e. The lowest BCUT2D eigenvalue weighted by molar-refractivity contribution is -0.121. The van der Waals surface area contributed by atoms with Crippen LogP contribution in [0.3, 0.4) is 0 Å². The zero-order chi connectivity index (χ0) is 13.0. The highest BCUT2D eigenvalue weighted by Gasteiger charge is 2.22. The van der Waals surface area contributed by atoms with Crippen molar-refractivity contribution in [3.63, 3.8) is 0 Å². The predicted molar refractivity (Wildman–Crippen MR) is 68.9 cm³/mol. The summed E-state index contributed by atoms with van der Waals surface area (Å²) in [6, 6.07) is 5.12. The fourth-order valence-electron chi connectivity index (χ4n) is 1.64. The molecule has 1 saturated carbocycles. The van der Waals surface area contributed by atoms with Gasteiger partial charge in [-0.1, -0.05) is 23.7 Å². The normalized spacial score (nSPS) is 14.6. The minimum atomic E-state index is -0.414. The molecule has 1 aliphatic carbocycles. The molecule has 0 saturated heterocycles. The number of carbonyl (C=O) groups excluding carboxylic acids is 1. The molecule has 0 heterocycles. The fraction of sp³-hybridized carbons (Fsp3) is 0.462. The van der Waals surface area contributed by atoms with Gasteiger partial charge in [-0.05, 0) is 24.5 Å². The van der Waals surface area contributed by atoms with Crippen LogP contribution in [0, 0.1) is 5.82 Å². The van der Waals surface area contributed by atoms with Gasteiger partial charge in [0.25, 0.3) is 0 Å². The van der Waals surface area contributed by atoms with Crippen molar-refractivity contribution in [1.29, 1.82) is 0 Å². The van der Waals surface area contributed by atoms with Crippen LogP contribution in [0.15, 0.2) is 18.2 Å². The molecule has 0 aliphatic heterocycles. The summed E-state index contributed by atoms with van der Waals surface area (Å²) >= 11 is 5.82. The first kappa shape index (κ1) is 13.3. The molecule has 2 N–H and O–H groups in total. The molecule has 0 radical (unpaired) electrons. The minimum Gasteiger partial charge on any atom is -0.353 e. The third-order valence-corrected chi connectivity index (χ3v) is 3.24. The molecule has 1 amide bonds. The second-order valence-electron chi connectivity index (χ2n) is 4.48. The van der Waals surface area contributed by atoms with Gasteiger partial charge in [0.2, 0.25) is 5.91 Å². The van der Waals surface area contributed by atoms with E-state index < -0.39 is 5.82 Å². The third-order valence-electron chi connectivity index (χ3n) is 2.82. The maximum absolute atomic E-state index is 13.1. The number of carbonyl (C=O) groups is 1. The Balaban J connectivity index is 1.68. The van der Waals surface area contributed by atoms with Crippen LogP contribution in [0.25, 0.3) is 0 Å². The number of hydrogen-bond donors (Lipinski definition) is 2. The maximum Gasteiger partial charge on any atom is 0.221 e. The monoisotopic (exact) mass is 270 g/mol. The van der Waals surface area contributed by atoms with E-state index >= 15 is 0 Å². The Bertz CT molecular complexity index is 435. The van der Waals surface area contributed by atoms with Crippen molar-refractivity contribution < 1.29 is 9.18 Å². The van der Waals surface area contributed by atoms with E-state index in [1.807, 2.05) is 0 Å². The number of halogens is 2. The molecule has 5 heteroatoms. The number of rotatable bonds is 6. The molecule has 1 fully saturated rings. The quantitative estimate of drug-likeness (QED) is 0.779. The molecule has 1 aromatic rings. The second kappa shape index (κ2) is 6.16. The zero-order valence-electron chi connectivity index (χ0n) is 10.0. The molecule has 98 valence electrons. The van der Waals surface area contributed by atoms with Crippen molar-refractivity contribution in [2.24, 2.45) is 0 Å². The van der Waals surface area contributed by atoms with Crippen molar-refractivity contribution in [2.75, 3.05) is 6.54 Å². The summed E-state index contributed by atoms with van der Waals surface area (Å²) in [7, 11) is 0. The zero-order valence-corrected chi connectivity index (χ0v) is 10.8. The van der Waals surface area contributed by atoms with E-state index in [-0.39, 0.29) is 10.9 Å². The third kappa shape index (κ3) is 3.96. The first-order chi connectivity index (χ1) is 8.66. The van der Waals surface area contributed by atoms with Crippen LogP contribution in [0.1, 0.15) is 24.8 Å². The lowest BCUT2D eigenvalue weighted by Crippen LogP contribution is -2.29. The summed E-state index contributed by atoms with van der Waals surface area (Å²) in [5.41, 5.74) is 0.708. The molecule has 18 heavy (non-hydrogen) atoms. The van der Waals surface area contributed by atoms with E-state index in [9.17, 15) is 9.18 Å². The summed E-state index contributed by atoms with van der Waals surface area (Å²) in [6.45, 7) is 1.03. The minimum absolute atomic E-state index is 0.0651. The van der Waals surface area contributed by atoms with Crippen molar-refractivity contribution >= 4 is 17.5 Å². The Morgan fingerprint density at radius 3 is 2.94 bits per heavy atom. The Kier molecular flexibility index (Phi) is 4.55. The summed E-state index contributed by atoms with van der Waals surface area (Å²) in [5.74, 6) is -0.349. The standard InChI is InChI=1S/C13H16ClFN2O/c14-13-9(2-1-3-11(13)15)8-16-7-6-12(18)17-10-4-5-10/h1-3,10,16H,4-8H2,(H,17,18). The molecule has 0 atom stereocenters. The lowest BCUT2D eigenvalue weighted by atomic mass is 10.2. The highest BCUT2D eigenvalue weighted by Crippen LogP contribution is 2.19. The molecule has 3 nitrogen and oxygen atoms in total. The van der Waals surface area contributed by atoms with Gasteiger partial charge in [0.1, 0.15) is 5.82 Å². The molecule has 0 spiro atoms. The molecule has 1 aliphatic rings. The molecule has 0 bridgehead atoms. The first-order valence-corrected chi connectivity index (χ1v) is 6.47. The van der Waals surface area contributed by atoms with Gasteiger partial charge in [-0.2, -0.15) is 0 Å². The van der Waals surface area contributed by atoms with Crippen LogP contribution < -0.4 is 10.6 Å². The van der Waals surface area contributed by atoms with Crippen molar-refractivity contribution in [1.82, 2.24) is 10.6 Å². The van der Waals surface area contributed by atoms with Gasteiger partial charge in [0, 0.05) is 25.6 Å². The van der Waals surface area contributed by atoms with Crippen molar-refractivity contribution in [2.45, 2.75) is 31.8 Å². The van der Waals surface area contributed by atoms with Gasteiger partial charge in [-0.25, -0.2) is 4.39 Å². The van der Waals surface area contributed by atoms with Gasteiger partial charge in [0.05, 0.1) is 5.02 Å². The SMILES string of the molecule is O=C(CCNCc1cccc(F)c1Cl)NC1CC1. The number of hydrogen-bond acceptors (Lipinski definition) is 2. The molecule has 2 rings (SSSR count). The first-order valence-electron chi connectivity index (χ1n) is 6.10. The molecule has 0 aromatic heterocycles. The molecule has 0 unspecified atom stereocenters. The Morgan fingerprint density at radius 1 is 1.44 bits per heavy atom. The average Bonchev–Trinajstić information content (AvgIpc) is 3.13. The van der Waals surface area contributed by atoms with Gasteiger partial charge in [0.15, 0.2) is 0 Å². The van der Waals surface area contributed by atoms with Crippen LogP contribution in [0.2, 0.25) is 5.02 Å². The number of benzene rings is 1. The van der Waals surface area contributed by atoms with Crippen LogP contribution in [-0.4, -0.2) is 18.5 Å². The Morgan fingerprint density at radius 2 is 2.22 bits per heavy atom. The van der Waals surface area contributed by atoms with Gasteiger partial charge in [-0.3, -0.25) is 4.79 Å². The second-order valence-corrected chi connectivity index (χ2v) is 4.86. The van der Waals surface area contributed by atoms with Crippen LogP contribution in [0.4, 0.5) is 4.39 Å². The van der Waals surface area contributed by atoms with Gasteiger partial charge in [-0.15, -0.1) is 0 Å². The average molecular weight is 271 g/mol. The summed E-state index contributed by atoms with van der Waals surface area (Å²) < 4.78 is 13.1. The maximum atomic E-state index is 13.1. The topological polar surface area (TPSA) is 41.1 Å².